The molecule has 0 saturated heterocycles. The Kier molecular flexibility index (Phi) is 3.05. The molecule has 16 heavy (non-hydrogen) atoms. The SMILES string of the molecule is C1=CC[C]([Sc]([C]2=CC=CC2)[C]2=CC=CC2)=C1. The molecule has 0 aromatic rings. The minimum atomic E-state index is -1.54. The monoisotopic (exact) mass is 240 g/mol. The molecule has 0 aromatic heterocycles. The molecule has 0 unspecified atom stereocenters. The van der Waals surface area contributed by atoms with Crippen LogP contribution in [0, 0.1) is 0 Å². The van der Waals surface area contributed by atoms with Crippen LogP contribution in [0.25, 0.3) is 0 Å². The second-order valence-corrected chi connectivity index (χ2v) is 9.38. The Hall–Kier alpha value is -0.690. The average molecular weight is 240 g/mol. The molecule has 0 bridgehead atoms. The van der Waals surface area contributed by atoms with Crippen molar-refractivity contribution in [3.05, 3.63) is 64.7 Å². The molecular weight excluding hydrogens is 225 g/mol. The van der Waals surface area contributed by atoms with Crippen LogP contribution in [0.1, 0.15) is 19.3 Å². The first-order valence-corrected chi connectivity index (χ1v) is 8.72. The van der Waals surface area contributed by atoms with Gasteiger partial charge in [-0.05, 0) is 0 Å². The molecule has 0 amide bonds. The number of rotatable bonds is 3. The van der Waals surface area contributed by atoms with Gasteiger partial charge in [-0.1, -0.05) is 0 Å². The summed E-state index contributed by atoms with van der Waals surface area (Å²) in [5.74, 6) is 0. The van der Waals surface area contributed by atoms with Crippen molar-refractivity contribution in [2.75, 3.05) is 0 Å². The summed E-state index contributed by atoms with van der Waals surface area (Å²) in [5.41, 5.74) is 0. The van der Waals surface area contributed by atoms with Crippen molar-refractivity contribution in [2.24, 2.45) is 0 Å². The average Bonchev–Trinajstić information content (AvgIpc) is 3.02. The molecule has 78 valence electrons. The molecule has 3 aliphatic rings. The molecule has 0 aliphatic heterocycles. The van der Waals surface area contributed by atoms with E-state index in [2.05, 4.69) is 54.7 Å². The van der Waals surface area contributed by atoms with Crippen molar-refractivity contribution >= 4 is 0 Å². The zero-order valence-corrected chi connectivity index (χ0v) is 11.2. The van der Waals surface area contributed by atoms with E-state index in [1.807, 2.05) is 0 Å². The van der Waals surface area contributed by atoms with Crippen LogP contribution in [-0.4, -0.2) is 0 Å². The molecule has 0 aromatic carbocycles. The molecular formula is C15H15Sc. The van der Waals surface area contributed by atoms with E-state index < -0.39 is 21.4 Å². The van der Waals surface area contributed by atoms with Crippen LogP contribution in [0.5, 0.6) is 0 Å². The molecule has 0 heterocycles. The van der Waals surface area contributed by atoms with E-state index in [0.29, 0.717) is 0 Å². The van der Waals surface area contributed by atoms with Crippen LogP contribution in [0.2, 0.25) is 0 Å². The molecule has 3 aliphatic carbocycles. The van der Waals surface area contributed by atoms with Gasteiger partial charge >= 0.3 is 105 Å². The molecule has 0 atom stereocenters. The van der Waals surface area contributed by atoms with Gasteiger partial charge in [-0.15, -0.1) is 0 Å². The summed E-state index contributed by atoms with van der Waals surface area (Å²) in [7, 11) is 0. The minimum absolute atomic E-state index is 1.21. The van der Waals surface area contributed by atoms with Gasteiger partial charge in [-0.2, -0.15) is 0 Å². The van der Waals surface area contributed by atoms with Gasteiger partial charge in [0.2, 0.25) is 0 Å². The van der Waals surface area contributed by atoms with E-state index in [0.717, 1.165) is 0 Å². The van der Waals surface area contributed by atoms with Crippen molar-refractivity contribution in [3.8, 4) is 0 Å². The van der Waals surface area contributed by atoms with Crippen molar-refractivity contribution in [1.82, 2.24) is 0 Å². The molecule has 0 saturated carbocycles. The third-order valence-corrected chi connectivity index (χ3v) is 8.99. The van der Waals surface area contributed by atoms with Crippen LogP contribution in [0.3, 0.4) is 0 Å². The van der Waals surface area contributed by atoms with Crippen LogP contribution < -0.4 is 0 Å². The molecule has 1 heteroatoms. The summed E-state index contributed by atoms with van der Waals surface area (Å²) in [6.07, 6.45) is 24.4. The summed E-state index contributed by atoms with van der Waals surface area (Å²) >= 11 is -1.54. The van der Waals surface area contributed by atoms with Crippen LogP contribution in [0.4, 0.5) is 0 Å². The van der Waals surface area contributed by atoms with E-state index in [1.165, 1.54) is 19.3 Å². The third kappa shape index (κ3) is 1.93. The van der Waals surface area contributed by atoms with E-state index in [1.54, 1.807) is 9.99 Å². The zero-order valence-electron chi connectivity index (χ0n) is 9.39. The number of hydrogen-bond donors (Lipinski definition) is 0. The first-order chi connectivity index (χ1) is 7.95. The van der Waals surface area contributed by atoms with Crippen molar-refractivity contribution in [1.29, 1.82) is 0 Å². The van der Waals surface area contributed by atoms with E-state index in [4.69, 9.17) is 0 Å². The van der Waals surface area contributed by atoms with Gasteiger partial charge in [-0.25, -0.2) is 0 Å². The van der Waals surface area contributed by atoms with Crippen molar-refractivity contribution < 1.29 is 21.4 Å². The fraction of sp³-hybridized carbons (Fsp3) is 0.200. The quantitative estimate of drug-likeness (QED) is 0.695. The van der Waals surface area contributed by atoms with E-state index >= 15 is 0 Å². The van der Waals surface area contributed by atoms with Gasteiger partial charge in [0.25, 0.3) is 0 Å². The van der Waals surface area contributed by atoms with Gasteiger partial charge < -0.3 is 0 Å². The van der Waals surface area contributed by atoms with Crippen molar-refractivity contribution in [3.63, 3.8) is 0 Å². The van der Waals surface area contributed by atoms with Crippen LogP contribution >= 0.6 is 0 Å². The second-order valence-electron chi connectivity index (χ2n) is 4.55. The fourth-order valence-electron chi connectivity index (χ4n) is 2.75. The molecule has 0 fully saturated rings. The predicted molar refractivity (Wildman–Crippen MR) is 65.5 cm³/mol. The maximum absolute atomic E-state index is 2.38. The van der Waals surface area contributed by atoms with Crippen molar-refractivity contribution in [2.45, 2.75) is 19.3 Å². The Morgan fingerprint density at radius 2 is 1.00 bits per heavy atom. The maximum atomic E-state index is 2.38. The van der Waals surface area contributed by atoms with E-state index in [9.17, 15) is 0 Å². The summed E-state index contributed by atoms with van der Waals surface area (Å²) < 4.78 is 5.24. The second kappa shape index (κ2) is 4.67. The summed E-state index contributed by atoms with van der Waals surface area (Å²) in [6.45, 7) is 0. The molecule has 0 nitrogen and oxygen atoms in total. The number of hydrogen-bond acceptors (Lipinski definition) is 0. The molecule has 3 rings (SSSR count). The van der Waals surface area contributed by atoms with E-state index in [-0.39, 0.29) is 0 Å². The Morgan fingerprint density at radius 3 is 1.25 bits per heavy atom. The first-order valence-electron chi connectivity index (χ1n) is 6.02. The Morgan fingerprint density at radius 1 is 0.625 bits per heavy atom. The van der Waals surface area contributed by atoms with Crippen LogP contribution in [0.15, 0.2) is 64.7 Å². The Labute approximate surface area is 105 Å². The topological polar surface area (TPSA) is 0 Å². The summed E-state index contributed by atoms with van der Waals surface area (Å²) in [6, 6.07) is 0. The predicted octanol–water partition coefficient (Wildman–Crippen LogP) is 4.14. The first kappa shape index (κ1) is 10.5. The normalized spacial score (nSPS) is 21.4. The third-order valence-electron chi connectivity index (χ3n) is 3.51. The van der Waals surface area contributed by atoms with Gasteiger partial charge in [0.1, 0.15) is 0 Å². The zero-order chi connectivity index (χ0) is 10.8. The summed E-state index contributed by atoms with van der Waals surface area (Å²) in [5, 5.41) is 0. The Bertz CT molecular complexity index is 398. The molecule has 0 N–H and O–H groups in total. The number of allylic oxidation sites excluding steroid dienone is 12. The van der Waals surface area contributed by atoms with Gasteiger partial charge in [0, 0.05) is 0 Å². The van der Waals surface area contributed by atoms with Gasteiger partial charge in [0.05, 0.1) is 0 Å². The van der Waals surface area contributed by atoms with Gasteiger partial charge in [0.15, 0.2) is 0 Å². The Balaban J connectivity index is 1.89. The molecule has 0 radical (unpaired) electrons. The van der Waals surface area contributed by atoms with Gasteiger partial charge in [-0.3, -0.25) is 0 Å². The van der Waals surface area contributed by atoms with Crippen LogP contribution in [-0.2, 0) is 21.4 Å². The standard InChI is InChI=1S/3C5H5.Sc/c3*1-2-4-5-3-1;/h3*1-3H,4H2;. The summed E-state index contributed by atoms with van der Waals surface area (Å²) in [4.78, 5) is 0. The fourth-order valence-corrected chi connectivity index (χ4v) is 8.14. The molecule has 0 spiro atoms.